The molecule has 0 radical (unpaired) electrons. The average Bonchev–Trinajstić information content (AvgIpc) is 2.96. The van der Waals surface area contributed by atoms with Crippen LogP contribution in [0.15, 0.2) is 11.4 Å². The maximum atomic E-state index is 6.02. The Bertz CT molecular complexity index is 603. The SMILES string of the molecule is CCC(C)N1CCN(Cc2nc(N)c3ccsc3n2)CC1. The van der Waals surface area contributed by atoms with E-state index in [1.807, 2.05) is 11.4 Å². The van der Waals surface area contributed by atoms with Crippen molar-refractivity contribution in [3.63, 3.8) is 0 Å². The minimum absolute atomic E-state index is 0.606. The maximum absolute atomic E-state index is 6.02. The first-order valence-electron chi connectivity index (χ1n) is 7.63. The number of rotatable bonds is 4. The van der Waals surface area contributed by atoms with Gasteiger partial charge in [-0.3, -0.25) is 9.80 Å². The van der Waals surface area contributed by atoms with Gasteiger partial charge in [-0.2, -0.15) is 0 Å². The van der Waals surface area contributed by atoms with Gasteiger partial charge in [0.2, 0.25) is 0 Å². The molecule has 2 N–H and O–H groups in total. The molecule has 1 unspecified atom stereocenters. The van der Waals surface area contributed by atoms with Gasteiger partial charge in [-0.15, -0.1) is 11.3 Å². The van der Waals surface area contributed by atoms with Crippen LogP contribution in [-0.2, 0) is 6.54 Å². The van der Waals surface area contributed by atoms with Crippen molar-refractivity contribution in [2.45, 2.75) is 32.9 Å². The fourth-order valence-corrected chi connectivity index (χ4v) is 3.61. The lowest BCUT2D eigenvalue weighted by molar-refractivity contribution is 0.0948. The molecule has 6 heteroatoms. The third kappa shape index (κ3) is 3.17. The second-order valence-electron chi connectivity index (χ2n) is 5.73. The van der Waals surface area contributed by atoms with E-state index in [0.717, 1.165) is 48.8 Å². The lowest BCUT2D eigenvalue weighted by Gasteiger charge is -2.37. The van der Waals surface area contributed by atoms with Crippen LogP contribution in [0.2, 0.25) is 0 Å². The van der Waals surface area contributed by atoms with E-state index in [1.54, 1.807) is 11.3 Å². The molecular weight excluding hydrogens is 282 g/mol. The summed E-state index contributed by atoms with van der Waals surface area (Å²) in [5.41, 5.74) is 6.02. The van der Waals surface area contributed by atoms with E-state index in [9.17, 15) is 0 Å². The Hall–Kier alpha value is -1.24. The standard InChI is InChI=1S/C15H23N5S/c1-3-11(2)20-7-5-19(6-8-20)10-13-17-14(16)12-4-9-21-15(12)18-13/h4,9,11H,3,5-8,10H2,1-2H3,(H2,16,17,18). The van der Waals surface area contributed by atoms with Gasteiger partial charge in [-0.05, 0) is 24.8 Å². The van der Waals surface area contributed by atoms with Gasteiger partial charge < -0.3 is 5.73 Å². The van der Waals surface area contributed by atoms with Crippen LogP contribution < -0.4 is 5.73 Å². The first kappa shape index (κ1) is 14.7. The molecule has 1 saturated heterocycles. The van der Waals surface area contributed by atoms with E-state index in [-0.39, 0.29) is 0 Å². The summed E-state index contributed by atoms with van der Waals surface area (Å²) in [5, 5.41) is 3.00. The summed E-state index contributed by atoms with van der Waals surface area (Å²) >= 11 is 1.63. The highest BCUT2D eigenvalue weighted by molar-refractivity contribution is 7.16. The molecule has 2 aromatic rings. The highest BCUT2D eigenvalue weighted by atomic mass is 32.1. The fraction of sp³-hybridized carbons (Fsp3) is 0.600. The second kappa shape index (κ2) is 6.25. The van der Waals surface area contributed by atoms with Crippen LogP contribution in [0.4, 0.5) is 5.82 Å². The van der Waals surface area contributed by atoms with Crippen molar-refractivity contribution in [1.82, 2.24) is 19.8 Å². The molecule has 0 spiro atoms. The molecule has 3 rings (SSSR count). The number of hydrogen-bond acceptors (Lipinski definition) is 6. The monoisotopic (exact) mass is 305 g/mol. The number of hydrogen-bond donors (Lipinski definition) is 1. The molecule has 1 aliphatic rings. The molecule has 1 aliphatic heterocycles. The Labute approximate surface area is 129 Å². The van der Waals surface area contributed by atoms with Gasteiger partial charge >= 0.3 is 0 Å². The van der Waals surface area contributed by atoms with Gasteiger partial charge in [0.15, 0.2) is 0 Å². The lowest BCUT2D eigenvalue weighted by Crippen LogP contribution is -2.49. The van der Waals surface area contributed by atoms with Crippen LogP contribution >= 0.6 is 11.3 Å². The van der Waals surface area contributed by atoms with Crippen LogP contribution in [0.5, 0.6) is 0 Å². The van der Waals surface area contributed by atoms with Crippen molar-refractivity contribution in [2.24, 2.45) is 0 Å². The number of anilines is 1. The molecule has 5 nitrogen and oxygen atoms in total. The fourth-order valence-electron chi connectivity index (χ4n) is 2.82. The van der Waals surface area contributed by atoms with Crippen LogP contribution in [0, 0.1) is 0 Å². The summed E-state index contributed by atoms with van der Waals surface area (Å²) in [4.78, 5) is 15.1. The molecule has 0 amide bonds. The van der Waals surface area contributed by atoms with Crippen molar-refractivity contribution in [3.8, 4) is 0 Å². The van der Waals surface area contributed by atoms with Gasteiger partial charge in [0.05, 0.1) is 11.9 Å². The minimum atomic E-state index is 0.606. The molecule has 3 heterocycles. The first-order chi connectivity index (χ1) is 10.2. The number of aromatic nitrogens is 2. The zero-order valence-corrected chi connectivity index (χ0v) is 13.6. The predicted molar refractivity (Wildman–Crippen MR) is 88.4 cm³/mol. The quantitative estimate of drug-likeness (QED) is 0.938. The molecule has 1 atom stereocenters. The summed E-state index contributed by atoms with van der Waals surface area (Å²) in [6.45, 7) is 9.78. The highest BCUT2D eigenvalue weighted by Gasteiger charge is 2.21. The van der Waals surface area contributed by atoms with E-state index < -0.39 is 0 Å². The van der Waals surface area contributed by atoms with Crippen LogP contribution in [0.1, 0.15) is 26.1 Å². The Morgan fingerprint density at radius 1 is 1.29 bits per heavy atom. The summed E-state index contributed by atoms with van der Waals surface area (Å²) in [7, 11) is 0. The van der Waals surface area contributed by atoms with Gasteiger partial charge in [-0.25, -0.2) is 9.97 Å². The first-order valence-corrected chi connectivity index (χ1v) is 8.51. The summed E-state index contributed by atoms with van der Waals surface area (Å²) in [6, 6.07) is 2.67. The van der Waals surface area contributed by atoms with E-state index >= 15 is 0 Å². The maximum Gasteiger partial charge on any atom is 0.146 e. The smallest absolute Gasteiger partial charge is 0.146 e. The number of thiophene rings is 1. The van der Waals surface area contributed by atoms with Crippen molar-refractivity contribution < 1.29 is 0 Å². The van der Waals surface area contributed by atoms with Gasteiger partial charge in [0, 0.05) is 32.2 Å². The predicted octanol–water partition coefficient (Wildman–Crippen LogP) is 2.19. The number of nitrogens with two attached hydrogens (primary N) is 1. The van der Waals surface area contributed by atoms with Crippen LogP contribution in [0.25, 0.3) is 10.2 Å². The number of nitrogens with zero attached hydrogens (tertiary/aromatic N) is 4. The lowest BCUT2D eigenvalue weighted by atomic mass is 10.2. The normalized spacial score (nSPS) is 19.1. The number of fused-ring (bicyclic) bond motifs is 1. The van der Waals surface area contributed by atoms with Gasteiger partial charge in [-0.1, -0.05) is 6.92 Å². The zero-order valence-electron chi connectivity index (χ0n) is 12.7. The summed E-state index contributed by atoms with van der Waals surface area (Å²) in [6.07, 6.45) is 1.22. The molecule has 0 aromatic carbocycles. The molecule has 21 heavy (non-hydrogen) atoms. The third-order valence-corrected chi connectivity index (χ3v) is 5.19. The summed E-state index contributed by atoms with van der Waals surface area (Å²) < 4.78 is 0. The minimum Gasteiger partial charge on any atom is -0.383 e. The Kier molecular flexibility index (Phi) is 4.37. The van der Waals surface area contributed by atoms with Crippen LogP contribution in [0.3, 0.4) is 0 Å². The molecule has 0 bridgehead atoms. The van der Waals surface area contributed by atoms with Crippen molar-refractivity contribution in [1.29, 1.82) is 0 Å². The average molecular weight is 305 g/mol. The second-order valence-corrected chi connectivity index (χ2v) is 6.63. The Morgan fingerprint density at radius 3 is 2.76 bits per heavy atom. The third-order valence-electron chi connectivity index (χ3n) is 4.39. The van der Waals surface area contributed by atoms with Gasteiger partial charge in [0.25, 0.3) is 0 Å². The van der Waals surface area contributed by atoms with E-state index in [1.165, 1.54) is 6.42 Å². The molecule has 0 saturated carbocycles. The number of piperazine rings is 1. The molecular formula is C15H23N5S. The number of nitrogen functional groups attached to an aromatic ring is 1. The molecule has 1 fully saturated rings. The molecule has 114 valence electrons. The van der Waals surface area contributed by atoms with Crippen LogP contribution in [-0.4, -0.2) is 52.0 Å². The van der Waals surface area contributed by atoms with Crippen molar-refractivity contribution >= 4 is 27.4 Å². The van der Waals surface area contributed by atoms with E-state index in [2.05, 4.69) is 33.6 Å². The Morgan fingerprint density at radius 2 is 2.05 bits per heavy atom. The molecule has 2 aromatic heterocycles. The van der Waals surface area contributed by atoms with Crippen molar-refractivity contribution in [2.75, 3.05) is 31.9 Å². The van der Waals surface area contributed by atoms with Crippen molar-refractivity contribution in [3.05, 3.63) is 17.3 Å². The zero-order chi connectivity index (χ0) is 14.8. The summed E-state index contributed by atoms with van der Waals surface area (Å²) in [5.74, 6) is 1.45. The van der Waals surface area contributed by atoms with Gasteiger partial charge in [0.1, 0.15) is 16.5 Å². The topological polar surface area (TPSA) is 58.3 Å². The highest BCUT2D eigenvalue weighted by Crippen LogP contribution is 2.23. The van der Waals surface area contributed by atoms with E-state index in [4.69, 9.17) is 5.73 Å². The van der Waals surface area contributed by atoms with E-state index in [0.29, 0.717) is 11.9 Å². The molecule has 0 aliphatic carbocycles. The largest absolute Gasteiger partial charge is 0.383 e. The Balaban J connectivity index is 1.64.